The van der Waals surface area contributed by atoms with E-state index >= 15 is 0 Å². The predicted octanol–water partition coefficient (Wildman–Crippen LogP) is -0.813. The molecule has 2 heterocycles. The molecular formula is C10H15N3O4. The SMILES string of the molecule is Cc1nonc1CC(=O)N[C@@H]1CCOC[C@H]1O. The highest BCUT2D eigenvalue weighted by Gasteiger charge is 2.25. The smallest absolute Gasteiger partial charge is 0.226 e. The summed E-state index contributed by atoms with van der Waals surface area (Å²) in [6.45, 7) is 2.53. The largest absolute Gasteiger partial charge is 0.389 e. The normalized spacial score (nSPS) is 24.6. The minimum atomic E-state index is -0.649. The van der Waals surface area contributed by atoms with Gasteiger partial charge in [-0.3, -0.25) is 4.79 Å². The summed E-state index contributed by atoms with van der Waals surface area (Å²) >= 11 is 0. The molecule has 17 heavy (non-hydrogen) atoms. The van der Waals surface area contributed by atoms with Crippen molar-refractivity contribution < 1.29 is 19.3 Å². The molecule has 0 spiro atoms. The quantitative estimate of drug-likeness (QED) is 0.718. The van der Waals surface area contributed by atoms with Crippen LogP contribution < -0.4 is 5.32 Å². The van der Waals surface area contributed by atoms with Gasteiger partial charge in [-0.05, 0) is 13.3 Å². The maximum absolute atomic E-state index is 11.7. The third kappa shape index (κ3) is 3.01. The monoisotopic (exact) mass is 241 g/mol. The number of aliphatic hydroxyl groups is 1. The Labute approximate surface area is 98.1 Å². The average molecular weight is 241 g/mol. The molecule has 0 saturated carbocycles. The summed E-state index contributed by atoms with van der Waals surface area (Å²) in [4.78, 5) is 11.7. The fraction of sp³-hybridized carbons (Fsp3) is 0.700. The second-order valence-electron chi connectivity index (χ2n) is 4.08. The average Bonchev–Trinajstić information content (AvgIpc) is 2.68. The Hall–Kier alpha value is -1.47. The van der Waals surface area contributed by atoms with Gasteiger partial charge in [0.1, 0.15) is 11.4 Å². The van der Waals surface area contributed by atoms with E-state index in [4.69, 9.17) is 4.74 Å². The van der Waals surface area contributed by atoms with Crippen LogP contribution in [-0.4, -0.2) is 46.7 Å². The van der Waals surface area contributed by atoms with E-state index in [0.29, 0.717) is 24.4 Å². The van der Waals surface area contributed by atoms with Crippen molar-refractivity contribution in [2.24, 2.45) is 0 Å². The van der Waals surface area contributed by atoms with Gasteiger partial charge >= 0.3 is 0 Å². The molecule has 94 valence electrons. The summed E-state index contributed by atoms with van der Waals surface area (Å²) in [7, 11) is 0. The molecule has 1 amide bonds. The van der Waals surface area contributed by atoms with Gasteiger partial charge in [0, 0.05) is 6.61 Å². The number of aromatic nitrogens is 2. The van der Waals surface area contributed by atoms with Crippen molar-refractivity contribution in [2.75, 3.05) is 13.2 Å². The zero-order chi connectivity index (χ0) is 12.3. The maximum Gasteiger partial charge on any atom is 0.226 e. The van der Waals surface area contributed by atoms with Crippen molar-refractivity contribution >= 4 is 5.91 Å². The summed E-state index contributed by atoms with van der Waals surface area (Å²) in [5, 5.41) is 19.6. The highest BCUT2D eigenvalue weighted by Crippen LogP contribution is 2.08. The van der Waals surface area contributed by atoms with E-state index in [1.165, 1.54) is 0 Å². The van der Waals surface area contributed by atoms with Crippen LogP contribution >= 0.6 is 0 Å². The molecule has 2 atom stereocenters. The van der Waals surface area contributed by atoms with Crippen LogP contribution in [0.25, 0.3) is 0 Å². The van der Waals surface area contributed by atoms with Crippen LogP contribution in [0, 0.1) is 6.92 Å². The van der Waals surface area contributed by atoms with E-state index in [0.717, 1.165) is 0 Å². The third-order valence-corrected chi connectivity index (χ3v) is 2.75. The molecule has 0 aromatic carbocycles. The molecule has 1 saturated heterocycles. The number of nitrogens with zero attached hydrogens (tertiary/aromatic N) is 2. The van der Waals surface area contributed by atoms with Gasteiger partial charge in [-0.25, -0.2) is 4.63 Å². The molecule has 7 heteroatoms. The molecule has 7 nitrogen and oxygen atoms in total. The molecular weight excluding hydrogens is 226 g/mol. The second kappa shape index (κ2) is 5.24. The molecule has 1 aromatic heterocycles. The lowest BCUT2D eigenvalue weighted by atomic mass is 10.1. The van der Waals surface area contributed by atoms with Crippen LogP contribution in [0.15, 0.2) is 4.63 Å². The number of ether oxygens (including phenoxy) is 1. The summed E-state index contributed by atoms with van der Waals surface area (Å²) in [5.74, 6) is -0.199. The molecule has 1 fully saturated rings. The van der Waals surface area contributed by atoms with E-state index < -0.39 is 6.10 Å². The van der Waals surface area contributed by atoms with Gasteiger partial charge in [0.25, 0.3) is 0 Å². The van der Waals surface area contributed by atoms with Gasteiger partial charge < -0.3 is 15.2 Å². The van der Waals surface area contributed by atoms with Crippen LogP contribution in [0.4, 0.5) is 0 Å². The fourth-order valence-electron chi connectivity index (χ4n) is 1.71. The molecule has 1 aliphatic heterocycles. The minimum Gasteiger partial charge on any atom is -0.389 e. The van der Waals surface area contributed by atoms with Crippen molar-refractivity contribution in [3.05, 3.63) is 11.4 Å². The fourth-order valence-corrected chi connectivity index (χ4v) is 1.71. The number of carbonyl (C=O) groups excluding carboxylic acids is 1. The van der Waals surface area contributed by atoms with Crippen molar-refractivity contribution in [1.82, 2.24) is 15.6 Å². The first-order valence-electron chi connectivity index (χ1n) is 5.50. The molecule has 2 rings (SSSR count). The van der Waals surface area contributed by atoms with E-state index in [2.05, 4.69) is 20.3 Å². The third-order valence-electron chi connectivity index (χ3n) is 2.75. The Kier molecular flexibility index (Phi) is 3.70. The Morgan fingerprint density at radius 2 is 2.41 bits per heavy atom. The Morgan fingerprint density at radius 1 is 1.59 bits per heavy atom. The van der Waals surface area contributed by atoms with Gasteiger partial charge in [-0.1, -0.05) is 10.3 Å². The van der Waals surface area contributed by atoms with Gasteiger partial charge in [-0.15, -0.1) is 0 Å². The zero-order valence-corrected chi connectivity index (χ0v) is 9.55. The first kappa shape index (κ1) is 12.0. The predicted molar refractivity (Wildman–Crippen MR) is 56.1 cm³/mol. The molecule has 0 bridgehead atoms. The van der Waals surface area contributed by atoms with Crippen molar-refractivity contribution in [1.29, 1.82) is 0 Å². The lowest BCUT2D eigenvalue weighted by Crippen LogP contribution is -2.49. The van der Waals surface area contributed by atoms with Crippen LogP contribution in [-0.2, 0) is 16.0 Å². The highest BCUT2D eigenvalue weighted by atomic mass is 16.6. The summed E-state index contributed by atoms with van der Waals surface area (Å²) in [6.07, 6.45) is 0.0757. The Bertz CT molecular complexity index is 393. The van der Waals surface area contributed by atoms with Crippen LogP contribution in [0.3, 0.4) is 0 Å². The van der Waals surface area contributed by atoms with Gasteiger partial charge in [0.2, 0.25) is 5.91 Å². The van der Waals surface area contributed by atoms with Gasteiger partial charge in [-0.2, -0.15) is 0 Å². The first-order valence-corrected chi connectivity index (χ1v) is 5.50. The Morgan fingerprint density at radius 3 is 3.06 bits per heavy atom. The zero-order valence-electron chi connectivity index (χ0n) is 9.55. The molecule has 0 radical (unpaired) electrons. The number of carbonyl (C=O) groups is 1. The number of hydrogen-bond acceptors (Lipinski definition) is 6. The number of nitrogens with one attached hydrogen (secondary N) is 1. The molecule has 2 N–H and O–H groups in total. The van der Waals surface area contributed by atoms with E-state index in [-0.39, 0.29) is 25.0 Å². The Balaban J connectivity index is 1.86. The van der Waals surface area contributed by atoms with Crippen molar-refractivity contribution in [2.45, 2.75) is 31.9 Å². The number of amides is 1. The van der Waals surface area contributed by atoms with E-state index in [1.54, 1.807) is 6.92 Å². The summed E-state index contributed by atoms with van der Waals surface area (Å²) in [6, 6.07) is -0.253. The van der Waals surface area contributed by atoms with Gasteiger partial charge in [0.15, 0.2) is 0 Å². The molecule has 0 aliphatic carbocycles. The van der Waals surface area contributed by atoms with E-state index in [9.17, 15) is 9.90 Å². The van der Waals surface area contributed by atoms with Crippen LogP contribution in [0.2, 0.25) is 0 Å². The van der Waals surface area contributed by atoms with E-state index in [1.807, 2.05) is 0 Å². The number of rotatable bonds is 3. The van der Waals surface area contributed by atoms with Gasteiger partial charge in [0.05, 0.1) is 25.2 Å². The topological polar surface area (TPSA) is 97.5 Å². The van der Waals surface area contributed by atoms with Crippen LogP contribution in [0.5, 0.6) is 0 Å². The van der Waals surface area contributed by atoms with Crippen LogP contribution in [0.1, 0.15) is 17.8 Å². The lowest BCUT2D eigenvalue weighted by molar-refractivity contribution is -0.123. The summed E-state index contributed by atoms with van der Waals surface area (Å²) < 4.78 is 9.59. The number of aliphatic hydroxyl groups excluding tert-OH is 1. The van der Waals surface area contributed by atoms with Crippen molar-refractivity contribution in [3.63, 3.8) is 0 Å². The first-order chi connectivity index (χ1) is 8.16. The second-order valence-corrected chi connectivity index (χ2v) is 4.08. The standard InChI is InChI=1S/C10H15N3O4/c1-6-8(13-17-12-6)4-10(15)11-7-2-3-16-5-9(7)14/h7,9,14H,2-5H2,1H3,(H,11,15)/t7-,9-/m1/s1. The minimum absolute atomic E-state index is 0.111. The molecule has 1 aliphatic rings. The maximum atomic E-state index is 11.7. The number of aryl methyl sites for hydroxylation is 1. The number of hydrogen-bond donors (Lipinski definition) is 2. The highest BCUT2D eigenvalue weighted by molar-refractivity contribution is 5.78. The summed E-state index contributed by atoms with van der Waals surface area (Å²) in [5.41, 5.74) is 1.12. The van der Waals surface area contributed by atoms with Crippen molar-refractivity contribution in [3.8, 4) is 0 Å². The lowest BCUT2D eigenvalue weighted by Gasteiger charge is -2.28. The molecule has 1 aromatic rings. The molecule has 0 unspecified atom stereocenters.